The summed E-state index contributed by atoms with van der Waals surface area (Å²) < 4.78 is 46.1. The van der Waals surface area contributed by atoms with Crippen molar-refractivity contribution in [2.24, 2.45) is 0 Å². The topological polar surface area (TPSA) is 66.5 Å². The summed E-state index contributed by atoms with van der Waals surface area (Å²) in [6.45, 7) is 1.45. The molecule has 0 unspecified atom stereocenters. The van der Waals surface area contributed by atoms with E-state index in [1.54, 1.807) is 25.4 Å². The monoisotopic (exact) mass is 566 g/mol. The number of carbonyl (C=O) groups is 1. The summed E-state index contributed by atoms with van der Waals surface area (Å²) in [5, 5.41) is 6.36. The number of anilines is 2. The fourth-order valence-electron chi connectivity index (χ4n) is 4.60. The molecule has 2 heterocycles. The molecule has 1 amide bonds. The first-order valence-corrected chi connectivity index (χ1v) is 12.9. The number of carbonyl (C=O) groups excluding carboxylic acids is 1. The Labute approximate surface area is 234 Å². The lowest BCUT2D eigenvalue weighted by molar-refractivity contribution is -0.138. The molecule has 1 aliphatic heterocycles. The highest BCUT2D eigenvalue weighted by molar-refractivity contribution is 6.30. The van der Waals surface area contributed by atoms with Gasteiger partial charge in [0.05, 0.1) is 18.4 Å². The number of rotatable bonds is 7. The second kappa shape index (κ2) is 11.5. The first-order valence-electron chi connectivity index (χ1n) is 12.6. The van der Waals surface area contributed by atoms with Gasteiger partial charge in [-0.25, -0.2) is 4.98 Å². The molecule has 0 saturated heterocycles. The minimum Gasteiger partial charge on any atom is -0.497 e. The average molecular weight is 567 g/mol. The second-order valence-electron chi connectivity index (χ2n) is 9.35. The first-order chi connectivity index (χ1) is 19.2. The van der Waals surface area contributed by atoms with Gasteiger partial charge in [-0.3, -0.25) is 4.79 Å². The number of halogens is 4. The summed E-state index contributed by atoms with van der Waals surface area (Å²) in [6.07, 6.45) is -2.78. The molecule has 0 fully saturated rings. The zero-order valence-corrected chi connectivity index (χ0v) is 22.3. The minimum absolute atomic E-state index is 0.0303. The molecule has 0 bridgehead atoms. The SMILES string of the molecule is COc1ccc(CNC(=O)c2ccc(-c3cnc4c(c3)N(Cc3cc(Cl)ccc3C(F)(F)F)CCN4)cc2)cc1. The fourth-order valence-corrected chi connectivity index (χ4v) is 4.79. The van der Waals surface area contributed by atoms with E-state index in [0.717, 1.165) is 28.5 Å². The Morgan fingerprint density at radius 3 is 2.50 bits per heavy atom. The molecule has 6 nitrogen and oxygen atoms in total. The number of aromatic nitrogens is 1. The van der Waals surface area contributed by atoms with E-state index in [9.17, 15) is 18.0 Å². The molecular weight excluding hydrogens is 541 g/mol. The van der Waals surface area contributed by atoms with Crippen LogP contribution < -0.4 is 20.3 Å². The third-order valence-corrected chi connectivity index (χ3v) is 6.94. The van der Waals surface area contributed by atoms with Crippen LogP contribution in [0.25, 0.3) is 11.1 Å². The van der Waals surface area contributed by atoms with Gasteiger partial charge in [0, 0.05) is 48.5 Å². The summed E-state index contributed by atoms with van der Waals surface area (Å²) in [4.78, 5) is 19.1. The maximum absolute atomic E-state index is 13.6. The summed E-state index contributed by atoms with van der Waals surface area (Å²) in [7, 11) is 1.60. The zero-order valence-electron chi connectivity index (χ0n) is 21.6. The average Bonchev–Trinajstić information content (AvgIpc) is 2.95. The second-order valence-corrected chi connectivity index (χ2v) is 9.78. The van der Waals surface area contributed by atoms with Crippen LogP contribution in [0.3, 0.4) is 0 Å². The van der Waals surface area contributed by atoms with Crippen molar-refractivity contribution in [3.8, 4) is 16.9 Å². The predicted octanol–water partition coefficient (Wildman–Crippen LogP) is 6.79. The van der Waals surface area contributed by atoms with Gasteiger partial charge in [0.2, 0.25) is 0 Å². The fraction of sp³-hybridized carbons (Fsp3) is 0.200. The standard InChI is InChI=1S/C30H26ClF3N4O2/c1-40-25-9-2-19(3-10-25)16-37-29(39)21-6-4-20(5-7-21)22-15-27-28(36-17-22)35-12-13-38(27)18-23-14-24(31)8-11-26(23)30(32,33)34/h2-11,14-15,17H,12-13,16,18H2,1H3,(H,35,36)(H,37,39). The molecule has 0 saturated carbocycles. The minimum atomic E-state index is -4.49. The predicted molar refractivity (Wildman–Crippen MR) is 150 cm³/mol. The van der Waals surface area contributed by atoms with Crippen molar-refractivity contribution in [3.05, 3.63) is 106 Å². The lowest BCUT2D eigenvalue weighted by atomic mass is 10.0. The highest BCUT2D eigenvalue weighted by Gasteiger charge is 2.34. The zero-order chi connectivity index (χ0) is 28.3. The molecule has 5 rings (SSSR count). The van der Waals surface area contributed by atoms with Crippen molar-refractivity contribution >= 4 is 29.0 Å². The van der Waals surface area contributed by atoms with Gasteiger partial charge in [-0.05, 0) is 65.2 Å². The van der Waals surface area contributed by atoms with Crippen molar-refractivity contribution in [3.63, 3.8) is 0 Å². The number of pyridine rings is 1. The molecular formula is C30H26ClF3N4O2. The van der Waals surface area contributed by atoms with E-state index in [1.165, 1.54) is 12.1 Å². The molecule has 0 aliphatic carbocycles. The van der Waals surface area contributed by atoms with Crippen molar-refractivity contribution in [1.82, 2.24) is 10.3 Å². The molecule has 0 radical (unpaired) electrons. The van der Waals surface area contributed by atoms with Gasteiger partial charge in [0.15, 0.2) is 0 Å². The van der Waals surface area contributed by atoms with Gasteiger partial charge in [0.25, 0.3) is 5.91 Å². The summed E-state index contributed by atoms with van der Waals surface area (Å²) >= 11 is 6.04. The molecule has 0 spiro atoms. The van der Waals surface area contributed by atoms with Gasteiger partial charge in [0.1, 0.15) is 11.6 Å². The number of nitrogens with one attached hydrogen (secondary N) is 2. The maximum atomic E-state index is 13.6. The van der Waals surface area contributed by atoms with Crippen LogP contribution in [0.1, 0.15) is 27.0 Å². The summed E-state index contributed by atoms with van der Waals surface area (Å²) in [5.74, 6) is 1.14. The lowest BCUT2D eigenvalue weighted by Gasteiger charge is -2.32. The van der Waals surface area contributed by atoms with Crippen LogP contribution in [0, 0.1) is 0 Å². The number of fused-ring (bicyclic) bond motifs is 1. The number of benzene rings is 3. The van der Waals surface area contributed by atoms with Crippen LogP contribution in [-0.2, 0) is 19.3 Å². The molecule has 40 heavy (non-hydrogen) atoms. The maximum Gasteiger partial charge on any atom is 0.416 e. The number of nitrogens with zero attached hydrogens (tertiary/aromatic N) is 2. The van der Waals surface area contributed by atoms with E-state index < -0.39 is 11.7 Å². The van der Waals surface area contributed by atoms with E-state index in [2.05, 4.69) is 15.6 Å². The van der Waals surface area contributed by atoms with Gasteiger partial charge < -0.3 is 20.3 Å². The van der Waals surface area contributed by atoms with Crippen LogP contribution in [0.15, 0.2) is 79.0 Å². The van der Waals surface area contributed by atoms with Gasteiger partial charge in [-0.1, -0.05) is 35.9 Å². The first kappa shape index (κ1) is 27.3. The number of hydrogen-bond donors (Lipinski definition) is 2. The van der Waals surface area contributed by atoms with E-state index in [-0.39, 0.29) is 23.0 Å². The number of ether oxygens (including phenoxy) is 1. The molecule has 1 aliphatic rings. The Balaban J connectivity index is 1.32. The van der Waals surface area contributed by atoms with Crippen LogP contribution in [0.5, 0.6) is 5.75 Å². The molecule has 1 aromatic heterocycles. The molecule has 206 valence electrons. The molecule has 0 atom stereocenters. The number of amides is 1. The van der Waals surface area contributed by atoms with Gasteiger partial charge in [-0.2, -0.15) is 13.2 Å². The largest absolute Gasteiger partial charge is 0.497 e. The van der Waals surface area contributed by atoms with Crippen molar-refractivity contribution in [2.75, 3.05) is 30.4 Å². The highest BCUT2D eigenvalue weighted by atomic mass is 35.5. The van der Waals surface area contributed by atoms with Gasteiger partial charge in [-0.15, -0.1) is 0 Å². The van der Waals surface area contributed by atoms with E-state index in [0.29, 0.717) is 36.7 Å². The van der Waals surface area contributed by atoms with Crippen LogP contribution >= 0.6 is 11.6 Å². The number of hydrogen-bond acceptors (Lipinski definition) is 5. The van der Waals surface area contributed by atoms with E-state index >= 15 is 0 Å². The summed E-state index contributed by atoms with van der Waals surface area (Å²) in [6, 6.07) is 20.1. The Morgan fingerprint density at radius 2 is 1.80 bits per heavy atom. The van der Waals surface area contributed by atoms with Crippen molar-refractivity contribution in [1.29, 1.82) is 0 Å². The number of methoxy groups -OCH3 is 1. The molecule has 10 heteroatoms. The quantitative estimate of drug-likeness (QED) is 0.258. The third kappa shape index (κ3) is 6.15. The molecule has 3 aromatic carbocycles. The number of alkyl halides is 3. The highest BCUT2D eigenvalue weighted by Crippen LogP contribution is 2.37. The summed E-state index contributed by atoms with van der Waals surface area (Å²) in [5.41, 5.74) is 3.14. The normalized spacial score (nSPS) is 12.9. The van der Waals surface area contributed by atoms with E-state index in [4.69, 9.17) is 16.3 Å². The van der Waals surface area contributed by atoms with Gasteiger partial charge >= 0.3 is 6.18 Å². The Bertz CT molecular complexity index is 1510. The molecule has 2 N–H and O–H groups in total. The Kier molecular flexibility index (Phi) is 7.84. The van der Waals surface area contributed by atoms with Crippen molar-refractivity contribution < 1.29 is 22.7 Å². The van der Waals surface area contributed by atoms with Crippen LogP contribution in [-0.4, -0.2) is 31.1 Å². The Morgan fingerprint density at radius 1 is 1.05 bits per heavy atom. The smallest absolute Gasteiger partial charge is 0.416 e. The van der Waals surface area contributed by atoms with Crippen LogP contribution in [0.2, 0.25) is 5.02 Å². The van der Waals surface area contributed by atoms with E-state index in [1.807, 2.05) is 47.4 Å². The third-order valence-electron chi connectivity index (χ3n) is 6.71. The van der Waals surface area contributed by atoms with Crippen LogP contribution in [0.4, 0.5) is 24.7 Å². The van der Waals surface area contributed by atoms with Crippen molar-refractivity contribution in [2.45, 2.75) is 19.3 Å². The Hall–Kier alpha value is -4.24. The molecule has 4 aromatic rings. The lowest BCUT2D eigenvalue weighted by Crippen LogP contribution is -2.34.